The molecule has 27 heavy (non-hydrogen) atoms. The van der Waals surface area contributed by atoms with Crippen LogP contribution in [0.3, 0.4) is 0 Å². The minimum absolute atomic E-state index is 0.00358. The van der Waals surface area contributed by atoms with Gasteiger partial charge in [0.05, 0.1) is 6.10 Å². The number of hydrogen-bond donors (Lipinski definition) is 2. The van der Waals surface area contributed by atoms with Crippen molar-refractivity contribution in [2.75, 3.05) is 25.0 Å². The molecule has 1 heterocycles. The molecular formula is C20H21FN2O4. The van der Waals surface area contributed by atoms with Crippen LogP contribution in [0.4, 0.5) is 10.1 Å². The fourth-order valence-corrected chi connectivity index (χ4v) is 2.88. The summed E-state index contributed by atoms with van der Waals surface area (Å²) in [6.45, 7) is 0.670. The van der Waals surface area contributed by atoms with Crippen molar-refractivity contribution in [3.63, 3.8) is 0 Å². The molecule has 0 spiro atoms. The third-order valence-electron chi connectivity index (χ3n) is 4.34. The Morgan fingerprint density at radius 2 is 1.89 bits per heavy atom. The first-order valence-electron chi connectivity index (χ1n) is 8.77. The number of nitrogens with one attached hydrogen (secondary N) is 1. The summed E-state index contributed by atoms with van der Waals surface area (Å²) in [6.07, 6.45) is 0.777. The molecule has 1 aliphatic heterocycles. The van der Waals surface area contributed by atoms with Crippen LogP contribution >= 0.6 is 0 Å². The van der Waals surface area contributed by atoms with Crippen LogP contribution in [0.25, 0.3) is 0 Å². The normalized spacial score (nSPS) is 14.7. The van der Waals surface area contributed by atoms with E-state index in [0.29, 0.717) is 37.2 Å². The van der Waals surface area contributed by atoms with Crippen molar-refractivity contribution in [2.45, 2.75) is 18.9 Å². The minimum Gasteiger partial charge on any atom is -0.481 e. The summed E-state index contributed by atoms with van der Waals surface area (Å²) in [4.78, 5) is 26.3. The van der Waals surface area contributed by atoms with E-state index in [1.807, 2.05) is 0 Å². The Bertz CT molecular complexity index is 819. The summed E-state index contributed by atoms with van der Waals surface area (Å²) in [5.41, 5.74) is 0.916. The van der Waals surface area contributed by atoms with Gasteiger partial charge in [-0.05, 0) is 43.2 Å². The first kappa shape index (κ1) is 18.8. The van der Waals surface area contributed by atoms with E-state index < -0.39 is 11.7 Å². The number of hydrogen-bond acceptors (Lipinski definition) is 4. The standard InChI is InChI=1S/C20H21FN2O4/c21-17-6-1-2-7-18(17)27-13-19(25)22-15-5-3-4-14(12-15)20(26)23-10-8-16(24)9-11-23/h1-7,12,16,24H,8-11,13H2,(H,22,25). The highest BCUT2D eigenvalue weighted by Crippen LogP contribution is 2.18. The number of rotatable bonds is 5. The number of likely N-dealkylation sites (tertiary alicyclic amines) is 1. The Morgan fingerprint density at radius 3 is 2.63 bits per heavy atom. The SMILES string of the molecule is O=C(COc1ccccc1F)Nc1cccc(C(=O)N2CCC(O)CC2)c1. The molecule has 2 aromatic carbocycles. The number of aliphatic hydroxyl groups excluding tert-OH is 1. The molecule has 0 radical (unpaired) electrons. The number of halogens is 1. The van der Waals surface area contributed by atoms with Crippen molar-refractivity contribution in [3.8, 4) is 5.75 Å². The van der Waals surface area contributed by atoms with E-state index in [0.717, 1.165) is 0 Å². The predicted molar refractivity (Wildman–Crippen MR) is 98.1 cm³/mol. The van der Waals surface area contributed by atoms with E-state index in [4.69, 9.17) is 4.74 Å². The van der Waals surface area contributed by atoms with E-state index in [2.05, 4.69) is 5.32 Å². The van der Waals surface area contributed by atoms with Crippen LogP contribution in [-0.4, -0.2) is 47.6 Å². The number of amides is 2. The maximum Gasteiger partial charge on any atom is 0.262 e. The molecule has 6 nitrogen and oxygen atoms in total. The highest BCUT2D eigenvalue weighted by Gasteiger charge is 2.22. The van der Waals surface area contributed by atoms with Gasteiger partial charge >= 0.3 is 0 Å². The first-order valence-corrected chi connectivity index (χ1v) is 8.77. The molecular weight excluding hydrogens is 351 g/mol. The number of anilines is 1. The van der Waals surface area contributed by atoms with Crippen molar-refractivity contribution in [3.05, 3.63) is 59.9 Å². The molecule has 0 aliphatic carbocycles. The van der Waals surface area contributed by atoms with Crippen LogP contribution in [0.15, 0.2) is 48.5 Å². The lowest BCUT2D eigenvalue weighted by Crippen LogP contribution is -2.40. The van der Waals surface area contributed by atoms with Crippen LogP contribution in [0.1, 0.15) is 23.2 Å². The third-order valence-corrected chi connectivity index (χ3v) is 4.34. The molecule has 1 aliphatic rings. The number of ether oxygens (including phenoxy) is 1. The predicted octanol–water partition coefficient (Wildman–Crippen LogP) is 2.44. The number of nitrogens with zero attached hydrogens (tertiary/aromatic N) is 1. The zero-order valence-corrected chi connectivity index (χ0v) is 14.7. The van der Waals surface area contributed by atoms with Gasteiger partial charge in [0.2, 0.25) is 0 Å². The summed E-state index contributed by atoms with van der Waals surface area (Å²) in [7, 11) is 0. The molecule has 7 heteroatoms. The summed E-state index contributed by atoms with van der Waals surface area (Å²) in [5, 5.41) is 12.2. The summed E-state index contributed by atoms with van der Waals surface area (Å²) in [6, 6.07) is 12.5. The van der Waals surface area contributed by atoms with Crippen LogP contribution in [0.5, 0.6) is 5.75 Å². The number of aliphatic hydroxyl groups is 1. The Hall–Kier alpha value is -2.93. The maximum absolute atomic E-state index is 13.5. The van der Waals surface area contributed by atoms with E-state index >= 15 is 0 Å². The number of carbonyl (C=O) groups is 2. The van der Waals surface area contributed by atoms with Gasteiger partial charge in [-0.15, -0.1) is 0 Å². The lowest BCUT2D eigenvalue weighted by atomic mass is 10.1. The quantitative estimate of drug-likeness (QED) is 0.845. The van der Waals surface area contributed by atoms with Gasteiger partial charge in [-0.1, -0.05) is 18.2 Å². The Kier molecular flexibility index (Phi) is 6.03. The largest absolute Gasteiger partial charge is 0.481 e. The second-order valence-electron chi connectivity index (χ2n) is 6.37. The lowest BCUT2D eigenvalue weighted by molar-refractivity contribution is -0.118. The van der Waals surface area contributed by atoms with Gasteiger partial charge in [-0.25, -0.2) is 4.39 Å². The zero-order valence-electron chi connectivity index (χ0n) is 14.7. The van der Waals surface area contributed by atoms with E-state index in [1.165, 1.54) is 18.2 Å². The molecule has 142 valence electrons. The average molecular weight is 372 g/mol. The summed E-state index contributed by atoms with van der Waals surface area (Å²) >= 11 is 0. The molecule has 0 atom stereocenters. The van der Waals surface area contributed by atoms with Crippen LogP contribution in [-0.2, 0) is 4.79 Å². The number of carbonyl (C=O) groups excluding carboxylic acids is 2. The summed E-state index contributed by atoms with van der Waals surface area (Å²) < 4.78 is 18.7. The molecule has 2 amide bonds. The minimum atomic E-state index is -0.537. The van der Waals surface area contributed by atoms with Crippen LogP contribution in [0, 0.1) is 5.82 Å². The average Bonchev–Trinajstić information content (AvgIpc) is 2.67. The molecule has 2 aromatic rings. The van der Waals surface area contributed by atoms with Crippen molar-refractivity contribution in [2.24, 2.45) is 0 Å². The highest BCUT2D eigenvalue weighted by atomic mass is 19.1. The Morgan fingerprint density at radius 1 is 1.15 bits per heavy atom. The van der Waals surface area contributed by atoms with Gasteiger partial charge in [0, 0.05) is 24.3 Å². The smallest absolute Gasteiger partial charge is 0.262 e. The molecule has 0 saturated carbocycles. The fraction of sp³-hybridized carbons (Fsp3) is 0.300. The molecule has 1 fully saturated rings. The van der Waals surface area contributed by atoms with Crippen molar-refractivity contribution < 1.29 is 23.8 Å². The van der Waals surface area contributed by atoms with Crippen molar-refractivity contribution in [1.29, 1.82) is 0 Å². The fourth-order valence-electron chi connectivity index (χ4n) is 2.88. The highest BCUT2D eigenvalue weighted by molar-refractivity contribution is 5.97. The summed E-state index contributed by atoms with van der Waals surface area (Å²) in [5.74, 6) is -1.13. The van der Waals surface area contributed by atoms with E-state index in [1.54, 1.807) is 35.2 Å². The molecule has 1 saturated heterocycles. The lowest BCUT2D eigenvalue weighted by Gasteiger charge is -2.29. The third kappa shape index (κ3) is 5.04. The molecule has 2 N–H and O–H groups in total. The Balaban J connectivity index is 1.57. The van der Waals surface area contributed by atoms with E-state index in [9.17, 15) is 19.1 Å². The zero-order chi connectivity index (χ0) is 19.2. The van der Waals surface area contributed by atoms with Crippen molar-refractivity contribution >= 4 is 17.5 Å². The molecule has 0 bridgehead atoms. The monoisotopic (exact) mass is 372 g/mol. The number of piperidine rings is 1. The van der Waals surface area contributed by atoms with Crippen LogP contribution < -0.4 is 10.1 Å². The second-order valence-corrected chi connectivity index (χ2v) is 6.37. The second kappa shape index (κ2) is 8.64. The van der Waals surface area contributed by atoms with Gasteiger partial charge in [0.15, 0.2) is 18.2 Å². The van der Waals surface area contributed by atoms with Crippen molar-refractivity contribution in [1.82, 2.24) is 4.90 Å². The maximum atomic E-state index is 13.5. The number of para-hydroxylation sites is 1. The van der Waals surface area contributed by atoms with Gasteiger partial charge in [-0.3, -0.25) is 9.59 Å². The Labute approximate surface area is 156 Å². The topological polar surface area (TPSA) is 78.9 Å². The van der Waals surface area contributed by atoms with Gasteiger partial charge < -0.3 is 20.1 Å². The van der Waals surface area contributed by atoms with Crippen LogP contribution in [0.2, 0.25) is 0 Å². The van der Waals surface area contributed by atoms with Gasteiger partial charge in [0.25, 0.3) is 11.8 Å². The molecule has 3 rings (SSSR count). The molecule has 0 unspecified atom stereocenters. The molecule has 0 aromatic heterocycles. The first-order chi connectivity index (χ1) is 13.0. The van der Waals surface area contributed by atoms with E-state index in [-0.39, 0.29) is 24.4 Å². The van der Waals surface area contributed by atoms with Gasteiger partial charge in [0.1, 0.15) is 0 Å². The van der Waals surface area contributed by atoms with Gasteiger partial charge in [-0.2, -0.15) is 0 Å². The number of benzene rings is 2.